The summed E-state index contributed by atoms with van der Waals surface area (Å²) in [5.41, 5.74) is 7.44. The van der Waals surface area contributed by atoms with Crippen LogP contribution in [0.4, 0.5) is 0 Å². The second-order valence-corrected chi connectivity index (χ2v) is 5.18. The van der Waals surface area contributed by atoms with Gasteiger partial charge in [0.15, 0.2) is 0 Å². The molecule has 0 aliphatic carbocycles. The monoisotopic (exact) mass is 255 g/mol. The maximum Gasteiger partial charge on any atom is 0.0881 e. The molecule has 0 bridgehead atoms. The minimum absolute atomic E-state index is 0.0684. The van der Waals surface area contributed by atoms with E-state index in [0.29, 0.717) is 5.92 Å². The van der Waals surface area contributed by atoms with E-state index < -0.39 is 0 Å². The number of hydrogen-bond acceptors (Lipinski definition) is 3. The van der Waals surface area contributed by atoms with Gasteiger partial charge in [-0.15, -0.1) is 0 Å². The van der Waals surface area contributed by atoms with Crippen LogP contribution >= 0.6 is 0 Å². The summed E-state index contributed by atoms with van der Waals surface area (Å²) in [4.78, 5) is 4.40. The van der Waals surface area contributed by atoms with Crippen LogP contribution in [0.1, 0.15) is 48.2 Å². The molecule has 19 heavy (non-hydrogen) atoms. The van der Waals surface area contributed by atoms with Crippen molar-refractivity contribution in [3.8, 4) is 0 Å². The first-order chi connectivity index (χ1) is 9.11. The molecule has 3 N–H and O–H groups in total. The molecule has 1 unspecified atom stereocenters. The highest BCUT2D eigenvalue weighted by atomic mass is 15.2. The molecule has 1 aromatic carbocycles. The van der Waals surface area contributed by atoms with E-state index in [2.05, 4.69) is 61.5 Å². The van der Waals surface area contributed by atoms with Crippen LogP contribution in [-0.2, 0) is 0 Å². The summed E-state index contributed by atoms with van der Waals surface area (Å²) in [5.74, 6) is 6.23. The SMILES string of the molecule is Cc1ccnc(C(NN)c2ccc(C(C)C)cc2)c1. The number of hydrogen-bond donors (Lipinski definition) is 2. The highest BCUT2D eigenvalue weighted by Crippen LogP contribution is 2.22. The fourth-order valence-electron chi connectivity index (χ4n) is 2.14. The summed E-state index contributed by atoms with van der Waals surface area (Å²) in [6, 6.07) is 12.5. The lowest BCUT2D eigenvalue weighted by atomic mass is 9.97. The smallest absolute Gasteiger partial charge is 0.0881 e. The predicted octanol–water partition coefficient (Wildman–Crippen LogP) is 3.07. The minimum Gasteiger partial charge on any atom is -0.271 e. The Morgan fingerprint density at radius 2 is 1.68 bits per heavy atom. The zero-order valence-corrected chi connectivity index (χ0v) is 11.7. The Labute approximate surface area is 114 Å². The van der Waals surface area contributed by atoms with E-state index >= 15 is 0 Å². The molecule has 100 valence electrons. The second-order valence-electron chi connectivity index (χ2n) is 5.18. The van der Waals surface area contributed by atoms with Crippen LogP contribution in [-0.4, -0.2) is 4.98 Å². The first kappa shape index (κ1) is 13.7. The Kier molecular flexibility index (Phi) is 4.30. The summed E-state index contributed by atoms with van der Waals surface area (Å²) >= 11 is 0. The molecular formula is C16H21N3. The second kappa shape index (κ2) is 5.95. The fraction of sp³-hybridized carbons (Fsp3) is 0.312. The van der Waals surface area contributed by atoms with E-state index in [0.717, 1.165) is 11.3 Å². The van der Waals surface area contributed by atoms with Gasteiger partial charge in [-0.1, -0.05) is 38.1 Å². The standard InChI is InChI=1S/C16H21N3/c1-11(2)13-4-6-14(7-5-13)16(19-17)15-10-12(3)8-9-18-15/h4-11,16,19H,17H2,1-3H3. The van der Waals surface area contributed by atoms with Crippen LogP contribution in [0.25, 0.3) is 0 Å². The molecule has 1 heterocycles. The molecule has 0 radical (unpaired) electrons. The molecule has 2 aromatic rings. The number of aromatic nitrogens is 1. The Morgan fingerprint density at radius 3 is 2.21 bits per heavy atom. The quantitative estimate of drug-likeness (QED) is 0.652. The average molecular weight is 255 g/mol. The first-order valence-electron chi connectivity index (χ1n) is 6.60. The van der Waals surface area contributed by atoms with Gasteiger partial charge in [-0.05, 0) is 41.7 Å². The van der Waals surface area contributed by atoms with Crippen molar-refractivity contribution in [2.45, 2.75) is 32.7 Å². The van der Waals surface area contributed by atoms with Crippen LogP contribution in [0.15, 0.2) is 42.6 Å². The molecule has 1 atom stereocenters. The van der Waals surface area contributed by atoms with Gasteiger partial charge in [0.1, 0.15) is 0 Å². The normalized spacial score (nSPS) is 12.7. The summed E-state index contributed by atoms with van der Waals surface area (Å²) in [6.45, 7) is 6.44. The van der Waals surface area contributed by atoms with Gasteiger partial charge < -0.3 is 0 Å². The van der Waals surface area contributed by atoms with E-state index in [1.165, 1.54) is 11.1 Å². The Hall–Kier alpha value is -1.71. The van der Waals surface area contributed by atoms with Gasteiger partial charge >= 0.3 is 0 Å². The third kappa shape index (κ3) is 3.19. The Bertz CT molecular complexity index is 532. The fourth-order valence-corrected chi connectivity index (χ4v) is 2.14. The van der Waals surface area contributed by atoms with E-state index in [1.54, 1.807) is 0 Å². The van der Waals surface area contributed by atoms with E-state index in [1.807, 2.05) is 12.3 Å². The molecule has 0 aliphatic rings. The number of hydrazine groups is 1. The van der Waals surface area contributed by atoms with Crippen molar-refractivity contribution in [1.82, 2.24) is 10.4 Å². The largest absolute Gasteiger partial charge is 0.271 e. The Morgan fingerprint density at radius 1 is 1.05 bits per heavy atom. The molecule has 0 spiro atoms. The summed E-state index contributed by atoms with van der Waals surface area (Å²) in [7, 11) is 0. The van der Waals surface area contributed by atoms with Crippen LogP contribution in [0.3, 0.4) is 0 Å². The lowest BCUT2D eigenvalue weighted by molar-refractivity contribution is 0.620. The minimum atomic E-state index is -0.0684. The number of rotatable bonds is 4. The van der Waals surface area contributed by atoms with Crippen molar-refractivity contribution in [1.29, 1.82) is 0 Å². The van der Waals surface area contributed by atoms with Gasteiger partial charge in [0, 0.05) is 6.20 Å². The molecule has 3 heteroatoms. The number of pyridine rings is 1. The van der Waals surface area contributed by atoms with Crippen molar-refractivity contribution in [2.24, 2.45) is 5.84 Å². The molecule has 1 aromatic heterocycles. The molecule has 0 amide bonds. The lowest BCUT2D eigenvalue weighted by Crippen LogP contribution is -2.29. The van der Waals surface area contributed by atoms with E-state index in [-0.39, 0.29) is 6.04 Å². The van der Waals surface area contributed by atoms with Crippen LogP contribution < -0.4 is 11.3 Å². The topological polar surface area (TPSA) is 50.9 Å². The molecular weight excluding hydrogens is 234 g/mol. The van der Waals surface area contributed by atoms with Crippen molar-refractivity contribution < 1.29 is 0 Å². The van der Waals surface area contributed by atoms with E-state index in [9.17, 15) is 0 Å². The third-order valence-corrected chi connectivity index (χ3v) is 3.34. The third-order valence-electron chi connectivity index (χ3n) is 3.34. The average Bonchev–Trinajstić information content (AvgIpc) is 2.40. The maximum absolute atomic E-state index is 5.69. The summed E-state index contributed by atoms with van der Waals surface area (Å²) in [6.07, 6.45) is 1.82. The van der Waals surface area contributed by atoms with Crippen LogP contribution in [0.5, 0.6) is 0 Å². The highest BCUT2D eigenvalue weighted by molar-refractivity contribution is 5.32. The maximum atomic E-state index is 5.69. The molecule has 2 rings (SSSR count). The molecule has 0 aliphatic heterocycles. The Balaban J connectivity index is 2.31. The predicted molar refractivity (Wildman–Crippen MR) is 78.7 cm³/mol. The summed E-state index contributed by atoms with van der Waals surface area (Å²) in [5, 5.41) is 0. The molecule has 0 fully saturated rings. The van der Waals surface area contributed by atoms with Gasteiger partial charge in [-0.3, -0.25) is 10.8 Å². The van der Waals surface area contributed by atoms with Crippen molar-refractivity contribution in [3.63, 3.8) is 0 Å². The van der Waals surface area contributed by atoms with Gasteiger partial charge in [0.05, 0.1) is 11.7 Å². The number of nitrogens with two attached hydrogens (primary N) is 1. The van der Waals surface area contributed by atoms with Gasteiger partial charge in [0.25, 0.3) is 0 Å². The lowest BCUT2D eigenvalue weighted by Gasteiger charge is -2.17. The highest BCUT2D eigenvalue weighted by Gasteiger charge is 2.14. The van der Waals surface area contributed by atoms with Crippen molar-refractivity contribution in [2.75, 3.05) is 0 Å². The zero-order valence-electron chi connectivity index (χ0n) is 11.7. The molecule has 0 saturated carbocycles. The number of nitrogens with one attached hydrogen (secondary N) is 1. The summed E-state index contributed by atoms with van der Waals surface area (Å²) < 4.78 is 0. The van der Waals surface area contributed by atoms with Gasteiger partial charge in [-0.25, -0.2) is 5.43 Å². The molecule has 0 saturated heterocycles. The molecule has 3 nitrogen and oxygen atoms in total. The van der Waals surface area contributed by atoms with Crippen LogP contribution in [0, 0.1) is 6.92 Å². The number of aryl methyl sites for hydroxylation is 1. The number of benzene rings is 1. The van der Waals surface area contributed by atoms with Crippen molar-refractivity contribution >= 4 is 0 Å². The van der Waals surface area contributed by atoms with Crippen molar-refractivity contribution in [3.05, 3.63) is 65.0 Å². The van der Waals surface area contributed by atoms with Crippen LogP contribution in [0.2, 0.25) is 0 Å². The van der Waals surface area contributed by atoms with E-state index in [4.69, 9.17) is 5.84 Å². The zero-order chi connectivity index (χ0) is 13.8. The number of nitrogens with zero attached hydrogens (tertiary/aromatic N) is 1. The first-order valence-corrected chi connectivity index (χ1v) is 6.60. The van der Waals surface area contributed by atoms with Gasteiger partial charge in [-0.2, -0.15) is 0 Å². The van der Waals surface area contributed by atoms with Gasteiger partial charge in [0.2, 0.25) is 0 Å².